The van der Waals surface area contributed by atoms with E-state index in [9.17, 15) is 14.0 Å². The average Bonchev–Trinajstić information content (AvgIpc) is 3.45. The van der Waals surface area contributed by atoms with Gasteiger partial charge in [0.1, 0.15) is 11.6 Å². The molecule has 2 heterocycles. The molecule has 2 aliphatic rings. The first kappa shape index (κ1) is 29.2. The van der Waals surface area contributed by atoms with Gasteiger partial charge >= 0.3 is 0 Å². The van der Waals surface area contributed by atoms with Crippen LogP contribution in [-0.2, 0) is 26.0 Å². The van der Waals surface area contributed by atoms with E-state index in [1.165, 1.54) is 12.1 Å². The van der Waals surface area contributed by atoms with Crippen LogP contribution in [-0.4, -0.2) is 70.3 Å². The van der Waals surface area contributed by atoms with Gasteiger partial charge < -0.3 is 19.4 Å². The van der Waals surface area contributed by atoms with Crippen molar-refractivity contribution in [2.45, 2.75) is 69.7 Å². The summed E-state index contributed by atoms with van der Waals surface area (Å²) in [7, 11) is 3.08. The molecular formula is C30H42FN3O4Si. The minimum atomic E-state index is -1.93. The van der Waals surface area contributed by atoms with Crippen LogP contribution in [0, 0.1) is 5.82 Å². The van der Waals surface area contributed by atoms with E-state index >= 15 is 0 Å². The van der Waals surface area contributed by atoms with E-state index < -0.39 is 25.7 Å². The lowest BCUT2D eigenvalue weighted by atomic mass is 9.80. The SMILES string of the molecule is COc1ccc(CCO[Si](C)(C)C(C)(C)C)cc1C1(N2CCC[C@H]2C(=O)N(C)C)C(=O)Nc2ccc(F)cc21. The maximum absolute atomic E-state index is 14.8. The molecule has 2 amide bonds. The number of hydrogen-bond acceptors (Lipinski definition) is 5. The first-order chi connectivity index (χ1) is 18.2. The van der Waals surface area contributed by atoms with Crippen molar-refractivity contribution < 1.29 is 23.1 Å². The van der Waals surface area contributed by atoms with Gasteiger partial charge in [0.2, 0.25) is 5.91 Å². The van der Waals surface area contributed by atoms with Crippen molar-refractivity contribution in [2.24, 2.45) is 0 Å². The molecule has 2 aromatic carbocycles. The number of amides is 2. The molecule has 212 valence electrons. The van der Waals surface area contributed by atoms with Gasteiger partial charge in [-0.25, -0.2) is 4.39 Å². The molecule has 0 aliphatic carbocycles. The van der Waals surface area contributed by atoms with E-state index in [0.717, 1.165) is 12.0 Å². The summed E-state index contributed by atoms with van der Waals surface area (Å²) >= 11 is 0. The third-order valence-corrected chi connectivity index (χ3v) is 13.2. The van der Waals surface area contributed by atoms with Crippen LogP contribution in [0.15, 0.2) is 36.4 Å². The zero-order valence-corrected chi connectivity index (χ0v) is 25.5. The molecule has 2 atom stereocenters. The van der Waals surface area contributed by atoms with Crippen LogP contribution in [0.5, 0.6) is 5.75 Å². The summed E-state index contributed by atoms with van der Waals surface area (Å²) in [6, 6.07) is 9.63. The van der Waals surface area contributed by atoms with Gasteiger partial charge in [-0.3, -0.25) is 14.5 Å². The number of fused-ring (bicyclic) bond motifs is 1. The largest absolute Gasteiger partial charge is 0.496 e. The number of likely N-dealkylation sites (tertiary alicyclic amines) is 1. The van der Waals surface area contributed by atoms with E-state index in [0.29, 0.717) is 48.6 Å². The van der Waals surface area contributed by atoms with E-state index in [1.54, 1.807) is 32.2 Å². The van der Waals surface area contributed by atoms with Crippen molar-refractivity contribution in [3.63, 3.8) is 0 Å². The topological polar surface area (TPSA) is 71.1 Å². The van der Waals surface area contributed by atoms with Crippen LogP contribution in [0.4, 0.5) is 10.1 Å². The Morgan fingerprint density at radius 1 is 1.18 bits per heavy atom. The number of rotatable bonds is 8. The minimum Gasteiger partial charge on any atom is -0.496 e. The van der Waals surface area contributed by atoms with Gasteiger partial charge in [0.25, 0.3) is 5.91 Å². The Balaban J connectivity index is 1.85. The number of hydrogen-bond donors (Lipinski definition) is 1. The smallest absolute Gasteiger partial charge is 0.254 e. The number of nitrogens with one attached hydrogen (secondary N) is 1. The normalized spacial score (nSPS) is 21.6. The van der Waals surface area contributed by atoms with Crippen LogP contribution in [0.3, 0.4) is 0 Å². The fraction of sp³-hybridized carbons (Fsp3) is 0.533. The summed E-state index contributed by atoms with van der Waals surface area (Å²) in [4.78, 5) is 31.0. The van der Waals surface area contributed by atoms with Crippen molar-refractivity contribution in [2.75, 3.05) is 39.7 Å². The van der Waals surface area contributed by atoms with Gasteiger partial charge in [-0.15, -0.1) is 0 Å². The number of nitrogens with zero attached hydrogens (tertiary/aromatic N) is 2. The molecular weight excluding hydrogens is 513 g/mol. The third kappa shape index (κ3) is 5.12. The Morgan fingerprint density at radius 3 is 2.54 bits per heavy atom. The summed E-state index contributed by atoms with van der Waals surface area (Å²) < 4.78 is 27.0. The number of carbonyl (C=O) groups excluding carboxylic acids is 2. The fourth-order valence-corrected chi connectivity index (χ4v) is 6.57. The number of methoxy groups -OCH3 is 1. The van der Waals surface area contributed by atoms with E-state index in [1.807, 2.05) is 23.1 Å². The van der Waals surface area contributed by atoms with Crippen molar-refractivity contribution in [3.8, 4) is 5.75 Å². The highest BCUT2D eigenvalue weighted by atomic mass is 28.4. The first-order valence-corrected chi connectivity index (χ1v) is 16.6. The van der Waals surface area contributed by atoms with Crippen molar-refractivity contribution in [3.05, 3.63) is 58.9 Å². The zero-order valence-electron chi connectivity index (χ0n) is 24.5. The molecule has 2 aliphatic heterocycles. The van der Waals surface area contributed by atoms with Gasteiger partial charge in [-0.1, -0.05) is 26.8 Å². The van der Waals surface area contributed by atoms with Crippen LogP contribution in [0.1, 0.15) is 50.3 Å². The van der Waals surface area contributed by atoms with Gasteiger partial charge in [0.05, 0.1) is 13.2 Å². The number of halogens is 1. The predicted molar refractivity (Wildman–Crippen MR) is 154 cm³/mol. The van der Waals surface area contributed by atoms with E-state index in [-0.39, 0.29) is 16.9 Å². The van der Waals surface area contributed by atoms with Crippen molar-refractivity contribution in [1.82, 2.24) is 9.80 Å². The monoisotopic (exact) mass is 555 g/mol. The Morgan fingerprint density at radius 2 is 1.90 bits per heavy atom. The van der Waals surface area contributed by atoms with Crippen LogP contribution >= 0.6 is 0 Å². The van der Waals surface area contributed by atoms with E-state index in [4.69, 9.17) is 9.16 Å². The second-order valence-electron chi connectivity index (χ2n) is 12.3. The summed E-state index contributed by atoms with van der Waals surface area (Å²) in [6.07, 6.45) is 2.00. The van der Waals surface area contributed by atoms with E-state index in [2.05, 4.69) is 39.2 Å². The highest BCUT2D eigenvalue weighted by Crippen LogP contribution is 2.51. The molecule has 0 radical (unpaired) electrons. The highest BCUT2D eigenvalue weighted by Gasteiger charge is 2.58. The molecule has 1 N–H and O–H groups in total. The standard InChI is InChI=1S/C30H42FN3O4Si/c1-29(2,3)39(7,8)38-17-15-20-11-14-26(37-6)23(18-20)30(34-16-9-10-25(34)27(35)33(4)5)22-19-21(31)12-13-24(22)32-28(30)36/h11-14,18-19,25H,9-10,15-17H2,1-8H3,(H,32,36)/t25-,30?/m0/s1. The molecule has 0 bridgehead atoms. The Kier molecular flexibility index (Phi) is 8.00. The van der Waals surface area contributed by atoms with Gasteiger partial charge in [-0.2, -0.15) is 0 Å². The summed E-state index contributed by atoms with van der Waals surface area (Å²) in [5.74, 6) is -0.321. The number of benzene rings is 2. The molecule has 1 fully saturated rings. The lowest BCUT2D eigenvalue weighted by molar-refractivity contribution is -0.138. The maximum atomic E-state index is 14.8. The molecule has 0 spiro atoms. The van der Waals surface area contributed by atoms with Crippen molar-refractivity contribution >= 4 is 25.8 Å². The molecule has 2 aromatic rings. The third-order valence-electron chi connectivity index (χ3n) is 8.67. The van der Waals surface area contributed by atoms with Gasteiger partial charge in [0, 0.05) is 44.1 Å². The average molecular weight is 556 g/mol. The molecule has 0 saturated carbocycles. The minimum absolute atomic E-state index is 0.0811. The molecule has 7 nitrogen and oxygen atoms in total. The summed E-state index contributed by atoms with van der Waals surface area (Å²) in [6.45, 7) is 12.2. The summed E-state index contributed by atoms with van der Waals surface area (Å²) in [5.41, 5.74) is 1.20. The Labute approximate surface area is 232 Å². The van der Waals surface area contributed by atoms with Gasteiger partial charge in [-0.05, 0) is 73.3 Å². The fourth-order valence-electron chi connectivity index (χ4n) is 5.52. The maximum Gasteiger partial charge on any atom is 0.254 e. The quantitative estimate of drug-likeness (QED) is 0.457. The Hall–Kier alpha value is -2.75. The Bertz CT molecular complexity index is 1260. The first-order valence-electron chi connectivity index (χ1n) is 13.6. The molecule has 9 heteroatoms. The molecule has 4 rings (SSSR count). The van der Waals surface area contributed by atoms with Crippen molar-refractivity contribution in [1.29, 1.82) is 0 Å². The lowest BCUT2D eigenvalue weighted by Gasteiger charge is -2.42. The summed E-state index contributed by atoms with van der Waals surface area (Å²) in [5, 5.41) is 3.08. The van der Waals surface area contributed by atoms with Crippen LogP contribution in [0.2, 0.25) is 18.1 Å². The molecule has 39 heavy (non-hydrogen) atoms. The molecule has 1 saturated heterocycles. The van der Waals surface area contributed by atoms with Crippen LogP contribution in [0.25, 0.3) is 0 Å². The number of carbonyl (C=O) groups is 2. The number of ether oxygens (including phenoxy) is 1. The zero-order chi connectivity index (χ0) is 28.8. The number of anilines is 1. The lowest BCUT2D eigenvalue weighted by Crippen LogP contribution is -2.57. The predicted octanol–water partition coefficient (Wildman–Crippen LogP) is 5.15. The van der Waals surface area contributed by atoms with Gasteiger partial charge in [0.15, 0.2) is 13.9 Å². The highest BCUT2D eigenvalue weighted by molar-refractivity contribution is 6.74. The van der Waals surface area contributed by atoms with Crippen LogP contribution < -0.4 is 10.1 Å². The number of likely N-dealkylation sites (N-methyl/N-ethyl adjacent to an activating group) is 1. The second kappa shape index (κ2) is 10.7. The second-order valence-corrected chi connectivity index (χ2v) is 17.1. The molecule has 0 aromatic heterocycles. The molecule has 1 unspecified atom stereocenters.